The number of carbonyl (C=O) groups is 1. The molecule has 23 heavy (non-hydrogen) atoms. The Morgan fingerprint density at radius 1 is 1.30 bits per heavy atom. The van der Waals surface area contributed by atoms with E-state index in [-0.39, 0.29) is 18.4 Å². The SMILES string of the molecule is O=C(Cc1ccc(S(=O)(=O)N2CCCC2)s1)NC1CCCNC1. The summed E-state index contributed by atoms with van der Waals surface area (Å²) < 4.78 is 26.8. The molecule has 2 aliphatic heterocycles. The molecule has 0 bridgehead atoms. The third-order valence-corrected chi connectivity index (χ3v) is 7.74. The van der Waals surface area contributed by atoms with Crippen molar-refractivity contribution in [1.82, 2.24) is 14.9 Å². The van der Waals surface area contributed by atoms with Gasteiger partial charge in [-0.3, -0.25) is 4.79 Å². The van der Waals surface area contributed by atoms with Gasteiger partial charge in [0.1, 0.15) is 4.21 Å². The molecule has 1 unspecified atom stereocenters. The lowest BCUT2D eigenvalue weighted by atomic mass is 10.1. The Morgan fingerprint density at radius 2 is 2.09 bits per heavy atom. The van der Waals surface area contributed by atoms with Gasteiger partial charge in [0, 0.05) is 30.6 Å². The lowest BCUT2D eigenvalue weighted by Gasteiger charge is -2.23. The molecule has 0 radical (unpaired) electrons. The predicted octanol–water partition coefficient (Wildman–Crippen LogP) is 0.943. The Labute approximate surface area is 141 Å². The second-order valence-electron chi connectivity index (χ2n) is 6.12. The standard InChI is InChI=1S/C15H23N3O3S2/c19-14(17-12-4-3-7-16-11-12)10-13-5-6-15(22-13)23(20,21)18-8-1-2-9-18/h5-6,12,16H,1-4,7-11H2,(H,17,19). The van der Waals surface area contributed by atoms with Crippen molar-refractivity contribution in [3.05, 3.63) is 17.0 Å². The molecule has 0 saturated carbocycles. The number of hydrogen-bond acceptors (Lipinski definition) is 5. The molecule has 3 heterocycles. The fraction of sp³-hybridized carbons (Fsp3) is 0.667. The summed E-state index contributed by atoms with van der Waals surface area (Å²) in [5.41, 5.74) is 0. The van der Waals surface area contributed by atoms with Crippen molar-refractivity contribution >= 4 is 27.3 Å². The van der Waals surface area contributed by atoms with Crippen molar-refractivity contribution in [2.45, 2.75) is 42.4 Å². The van der Waals surface area contributed by atoms with Gasteiger partial charge in [0.25, 0.3) is 10.0 Å². The van der Waals surface area contributed by atoms with Crippen LogP contribution >= 0.6 is 11.3 Å². The molecule has 2 N–H and O–H groups in total. The van der Waals surface area contributed by atoms with E-state index in [4.69, 9.17) is 0 Å². The van der Waals surface area contributed by atoms with Gasteiger partial charge in [-0.2, -0.15) is 4.31 Å². The smallest absolute Gasteiger partial charge is 0.252 e. The Morgan fingerprint density at radius 3 is 2.78 bits per heavy atom. The summed E-state index contributed by atoms with van der Waals surface area (Å²) >= 11 is 1.21. The lowest BCUT2D eigenvalue weighted by Crippen LogP contribution is -2.46. The zero-order chi connectivity index (χ0) is 16.3. The zero-order valence-corrected chi connectivity index (χ0v) is 14.7. The van der Waals surface area contributed by atoms with Crippen LogP contribution in [0.2, 0.25) is 0 Å². The van der Waals surface area contributed by atoms with E-state index in [1.54, 1.807) is 12.1 Å². The molecule has 1 aromatic heterocycles. The Balaban J connectivity index is 1.59. The van der Waals surface area contributed by atoms with Crippen molar-refractivity contribution in [1.29, 1.82) is 0 Å². The van der Waals surface area contributed by atoms with Crippen LogP contribution in [0.3, 0.4) is 0 Å². The minimum absolute atomic E-state index is 0.0364. The molecule has 0 aliphatic carbocycles. The highest BCUT2D eigenvalue weighted by atomic mass is 32.2. The third kappa shape index (κ3) is 4.12. The van der Waals surface area contributed by atoms with Crippen molar-refractivity contribution in [3.63, 3.8) is 0 Å². The van der Waals surface area contributed by atoms with E-state index in [1.165, 1.54) is 15.6 Å². The van der Waals surface area contributed by atoms with Gasteiger partial charge in [-0.25, -0.2) is 8.42 Å². The second kappa shape index (κ2) is 7.29. The normalized spacial score (nSPS) is 23.0. The fourth-order valence-corrected chi connectivity index (χ4v) is 6.09. The molecule has 128 valence electrons. The first-order valence-electron chi connectivity index (χ1n) is 8.14. The molecule has 1 amide bonds. The van der Waals surface area contributed by atoms with E-state index < -0.39 is 10.0 Å². The molecule has 2 aliphatic rings. The largest absolute Gasteiger partial charge is 0.352 e. The van der Waals surface area contributed by atoms with Crippen LogP contribution in [0, 0.1) is 0 Å². The summed E-state index contributed by atoms with van der Waals surface area (Å²) in [6.45, 7) is 3.02. The molecule has 8 heteroatoms. The number of hydrogen-bond donors (Lipinski definition) is 2. The number of piperidine rings is 1. The van der Waals surface area contributed by atoms with Crippen LogP contribution in [0.1, 0.15) is 30.6 Å². The van der Waals surface area contributed by atoms with Crippen LogP contribution in [0.5, 0.6) is 0 Å². The highest BCUT2D eigenvalue weighted by Gasteiger charge is 2.28. The minimum Gasteiger partial charge on any atom is -0.352 e. The predicted molar refractivity (Wildman–Crippen MR) is 90.1 cm³/mol. The molecule has 2 saturated heterocycles. The maximum atomic E-state index is 12.5. The van der Waals surface area contributed by atoms with E-state index in [1.807, 2.05) is 0 Å². The molecule has 2 fully saturated rings. The maximum absolute atomic E-state index is 12.5. The number of thiophene rings is 1. The Kier molecular flexibility index (Phi) is 5.35. The topological polar surface area (TPSA) is 78.5 Å². The number of amides is 1. The summed E-state index contributed by atoms with van der Waals surface area (Å²) in [4.78, 5) is 12.9. The average molecular weight is 358 g/mol. The summed E-state index contributed by atoms with van der Waals surface area (Å²) in [5, 5.41) is 6.28. The number of sulfonamides is 1. The lowest BCUT2D eigenvalue weighted by molar-refractivity contribution is -0.121. The molecule has 6 nitrogen and oxygen atoms in total. The summed E-state index contributed by atoms with van der Waals surface area (Å²) in [6, 6.07) is 3.57. The average Bonchev–Trinajstić information content (AvgIpc) is 3.20. The molecule has 0 spiro atoms. The van der Waals surface area contributed by atoms with Crippen LogP contribution in [-0.4, -0.2) is 50.9 Å². The van der Waals surface area contributed by atoms with E-state index in [9.17, 15) is 13.2 Å². The van der Waals surface area contributed by atoms with Gasteiger partial charge in [0.2, 0.25) is 5.91 Å². The summed E-state index contributed by atoms with van der Waals surface area (Å²) in [5.74, 6) is -0.0364. The zero-order valence-electron chi connectivity index (χ0n) is 13.1. The fourth-order valence-electron chi connectivity index (χ4n) is 3.06. The molecule has 3 rings (SSSR count). The maximum Gasteiger partial charge on any atom is 0.252 e. The quantitative estimate of drug-likeness (QED) is 0.822. The van der Waals surface area contributed by atoms with E-state index in [0.717, 1.165) is 43.6 Å². The van der Waals surface area contributed by atoms with Gasteiger partial charge in [0.15, 0.2) is 0 Å². The van der Waals surface area contributed by atoms with Gasteiger partial charge in [-0.15, -0.1) is 11.3 Å². The highest BCUT2D eigenvalue weighted by molar-refractivity contribution is 7.91. The monoisotopic (exact) mass is 357 g/mol. The van der Waals surface area contributed by atoms with Gasteiger partial charge < -0.3 is 10.6 Å². The first-order chi connectivity index (χ1) is 11.1. The first-order valence-corrected chi connectivity index (χ1v) is 10.4. The van der Waals surface area contributed by atoms with E-state index >= 15 is 0 Å². The Hall–Kier alpha value is -0.960. The van der Waals surface area contributed by atoms with Crippen molar-refractivity contribution in [2.75, 3.05) is 26.2 Å². The highest BCUT2D eigenvalue weighted by Crippen LogP contribution is 2.27. The van der Waals surface area contributed by atoms with Crippen LogP contribution in [-0.2, 0) is 21.2 Å². The van der Waals surface area contributed by atoms with Gasteiger partial charge >= 0.3 is 0 Å². The molecule has 1 atom stereocenters. The van der Waals surface area contributed by atoms with Crippen molar-refractivity contribution in [3.8, 4) is 0 Å². The number of nitrogens with zero attached hydrogens (tertiary/aromatic N) is 1. The summed E-state index contributed by atoms with van der Waals surface area (Å²) in [6.07, 6.45) is 4.17. The first kappa shape index (κ1) is 16.9. The molecule has 0 aromatic carbocycles. The molecule has 1 aromatic rings. The van der Waals surface area contributed by atoms with Crippen LogP contribution < -0.4 is 10.6 Å². The van der Waals surface area contributed by atoms with E-state index in [0.29, 0.717) is 17.3 Å². The molecular formula is C15H23N3O3S2. The van der Waals surface area contributed by atoms with Crippen LogP contribution in [0.4, 0.5) is 0 Å². The third-order valence-electron chi connectivity index (χ3n) is 4.29. The summed E-state index contributed by atoms with van der Waals surface area (Å²) in [7, 11) is -3.37. The van der Waals surface area contributed by atoms with Gasteiger partial charge in [-0.1, -0.05) is 0 Å². The number of rotatable bonds is 5. The van der Waals surface area contributed by atoms with Crippen molar-refractivity contribution in [2.24, 2.45) is 0 Å². The van der Waals surface area contributed by atoms with E-state index in [2.05, 4.69) is 10.6 Å². The van der Waals surface area contributed by atoms with Gasteiger partial charge in [0.05, 0.1) is 6.42 Å². The molecular weight excluding hydrogens is 334 g/mol. The van der Waals surface area contributed by atoms with Crippen LogP contribution in [0.15, 0.2) is 16.3 Å². The number of carbonyl (C=O) groups excluding carboxylic acids is 1. The number of nitrogens with one attached hydrogen (secondary N) is 2. The minimum atomic E-state index is -3.37. The van der Waals surface area contributed by atoms with Crippen molar-refractivity contribution < 1.29 is 13.2 Å². The van der Waals surface area contributed by atoms with Crippen LogP contribution in [0.25, 0.3) is 0 Å². The van der Waals surface area contributed by atoms with Gasteiger partial charge in [-0.05, 0) is 44.4 Å². The Bertz CT molecular complexity index is 645. The second-order valence-corrected chi connectivity index (χ2v) is 9.45.